The second-order valence-corrected chi connectivity index (χ2v) is 4.88. The zero-order chi connectivity index (χ0) is 14.9. The smallest absolute Gasteiger partial charge is 0.338 e. The van der Waals surface area contributed by atoms with Crippen molar-refractivity contribution in [2.45, 2.75) is 59.0 Å². The SMILES string of the molecule is CCCCOC(=O)C(C)C(C)(O)C(=O)OCCCC. The number of carbonyl (C=O) groups is 2. The number of esters is 2. The Morgan fingerprint density at radius 1 is 1.11 bits per heavy atom. The summed E-state index contributed by atoms with van der Waals surface area (Å²) < 4.78 is 9.95. The highest BCUT2D eigenvalue weighted by molar-refractivity contribution is 5.86. The molecule has 0 rings (SSSR count). The van der Waals surface area contributed by atoms with Crippen molar-refractivity contribution in [3.8, 4) is 0 Å². The van der Waals surface area contributed by atoms with Gasteiger partial charge in [-0.2, -0.15) is 0 Å². The van der Waals surface area contributed by atoms with Crippen LogP contribution in [0, 0.1) is 5.92 Å². The monoisotopic (exact) mass is 274 g/mol. The number of hydrogen-bond acceptors (Lipinski definition) is 5. The van der Waals surface area contributed by atoms with Crippen molar-refractivity contribution in [2.75, 3.05) is 13.2 Å². The molecule has 0 amide bonds. The third-order valence-electron chi connectivity index (χ3n) is 3.08. The summed E-state index contributed by atoms with van der Waals surface area (Å²) in [6, 6.07) is 0. The molecule has 0 radical (unpaired) electrons. The molecule has 0 aliphatic carbocycles. The van der Waals surface area contributed by atoms with Gasteiger partial charge in [-0.15, -0.1) is 0 Å². The summed E-state index contributed by atoms with van der Waals surface area (Å²) in [5.74, 6) is -2.30. The van der Waals surface area contributed by atoms with Crippen LogP contribution in [-0.4, -0.2) is 35.9 Å². The number of unbranched alkanes of at least 4 members (excludes halogenated alkanes) is 2. The van der Waals surface area contributed by atoms with E-state index in [1.807, 2.05) is 13.8 Å². The molecule has 0 saturated carbocycles. The van der Waals surface area contributed by atoms with E-state index in [0.29, 0.717) is 6.61 Å². The fourth-order valence-electron chi connectivity index (χ4n) is 1.30. The number of ether oxygens (including phenoxy) is 2. The molecule has 19 heavy (non-hydrogen) atoms. The van der Waals surface area contributed by atoms with Gasteiger partial charge in [-0.3, -0.25) is 4.79 Å². The van der Waals surface area contributed by atoms with Gasteiger partial charge in [-0.25, -0.2) is 4.79 Å². The molecule has 0 aliphatic heterocycles. The second kappa shape index (κ2) is 8.91. The fraction of sp³-hybridized carbons (Fsp3) is 0.857. The largest absolute Gasteiger partial charge is 0.465 e. The van der Waals surface area contributed by atoms with Crippen molar-refractivity contribution in [3.05, 3.63) is 0 Å². The lowest BCUT2D eigenvalue weighted by atomic mass is 9.91. The summed E-state index contributed by atoms with van der Waals surface area (Å²) in [5.41, 5.74) is -1.85. The quantitative estimate of drug-likeness (QED) is 0.514. The molecule has 0 heterocycles. The van der Waals surface area contributed by atoms with Gasteiger partial charge in [-0.1, -0.05) is 26.7 Å². The van der Waals surface area contributed by atoms with Crippen molar-refractivity contribution in [1.29, 1.82) is 0 Å². The maximum absolute atomic E-state index is 11.7. The molecule has 0 aromatic heterocycles. The summed E-state index contributed by atoms with van der Waals surface area (Å²) in [7, 11) is 0. The predicted octanol–water partition coefficient (Wildman–Crippen LogP) is 2.06. The maximum atomic E-state index is 11.7. The second-order valence-electron chi connectivity index (χ2n) is 4.88. The minimum atomic E-state index is -1.85. The molecule has 0 saturated heterocycles. The van der Waals surface area contributed by atoms with E-state index < -0.39 is 23.5 Å². The fourth-order valence-corrected chi connectivity index (χ4v) is 1.30. The molecule has 0 aromatic carbocycles. The number of hydrogen-bond donors (Lipinski definition) is 1. The molecule has 5 heteroatoms. The van der Waals surface area contributed by atoms with Crippen molar-refractivity contribution in [1.82, 2.24) is 0 Å². The Kier molecular flexibility index (Phi) is 8.39. The molecule has 2 atom stereocenters. The molecule has 0 aromatic rings. The Labute approximate surface area is 115 Å². The van der Waals surface area contributed by atoms with E-state index in [1.54, 1.807) is 0 Å². The third kappa shape index (κ3) is 6.05. The van der Waals surface area contributed by atoms with Gasteiger partial charge in [0.05, 0.1) is 19.1 Å². The first-order chi connectivity index (χ1) is 8.87. The Morgan fingerprint density at radius 2 is 1.58 bits per heavy atom. The summed E-state index contributed by atoms with van der Waals surface area (Å²) >= 11 is 0. The van der Waals surface area contributed by atoms with Crippen molar-refractivity contribution in [3.63, 3.8) is 0 Å². The molecule has 0 aliphatic rings. The molecular formula is C14H26O5. The van der Waals surface area contributed by atoms with Gasteiger partial charge in [0.1, 0.15) is 0 Å². The van der Waals surface area contributed by atoms with Gasteiger partial charge in [0.25, 0.3) is 0 Å². The minimum absolute atomic E-state index is 0.253. The molecule has 1 N–H and O–H groups in total. The zero-order valence-electron chi connectivity index (χ0n) is 12.4. The molecule has 0 spiro atoms. The van der Waals surface area contributed by atoms with Crippen LogP contribution in [0.25, 0.3) is 0 Å². The van der Waals surface area contributed by atoms with Gasteiger partial charge < -0.3 is 14.6 Å². The lowest BCUT2D eigenvalue weighted by molar-refractivity contribution is -0.178. The molecule has 112 valence electrons. The molecule has 0 bridgehead atoms. The number of rotatable bonds is 9. The molecular weight excluding hydrogens is 248 g/mol. The molecule has 0 fully saturated rings. The van der Waals surface area contributed by atoms with Gasteiger partial charge in [0.15, 0.2) is 5.60 Å². The van der Waals surface area contributed by atoms with Crippen molar-refractivity contribution < 1.29 is 24.2 Å². The van der Waals surface area contributed by atoms with Crippen LogP contribution in [0.2, 0.25) is 0 Å². The summed E-state index contributed by atoms with van der Waals surface area (Å²) in [4.78, 5) is 23.4. The van der Waals surface area contributed by atoms with E-state index >= 15 is 0 Å². The third-order valence-corrected chi connectivity index (χ3v) is 3.08. The van der Waals surface area contributed by atoms with Gasteiger partial charge in [-0.05, 0) is 26.7 Å². The predicted molar refractivity (Wildman–Crippen MR) is 71.5 cm³/mol. The number of aliphatic hydroxyl groups is 1. The van der Waals surface area contributed by atoms with Crippen molar-refractivity contribution >= 4 is 11.9 Å². The van der Waals surface area contributed by atoms with Crippen LogP contribution in [0.1, 0.15) is 53.4 Å². The average molecular weight is 274 g/mol. The zero-order valence-corrected chi connectivity index (χ0v) is 12.4. The molecule has 2 unspecified atom stereocenters. The Balaban J connectivity index is 4.35. The lowest BCUT2D eigenvalue weighted by Gasteiger charge is -2.26. The summed E-state index contributed by atoms with van der Waals surface area (Å²) in [6.07, 6.45) is 3.31. The highest BCUT2D eigenvalue weighted by atomic mass is 16.6. The van der Waals surface area contributed by atoms with Crippen LogP contribution in [0.3, 0.4) is 0 Å². The van der Waals surface area contributed by atoms with Crippen LogP contribution in [0.4, 0.5) is 0 Å². The molecule has 5 nitrogen and oxygen atoms in total. The lowest BCUT2D eigenvalue weighted by Crippen LogP contribution is -2.47. The highest BCUT2D eigenvalue weighted by Gasteiger charge is 2.43. The van der Waals surface area contributed by atoms with E-state index in [2.05, 4.69) is 0 Å². The topological polar surface area (TPSA) is 72.8 Å². The van der Waals surface area contributed by atoms with Gasteiger partial charge in [0, 0.05) is 0 Å². The first kappa shape index (κ1) is 17.9. The summed E-state index contributed by atoms with van der Waals surface area (Å²) in [6.45, 7) is 7.27. The first-order valence-corrected chi connectivity index (χ1v) is 6.94. The Bertz CT molecular complexity index is 286. The normalized spacial score (nSPS) is 15.4. The number of carbonyl (C=O) groups excluding carboxylic acids is 2. The van der Waals surface area contributed by atoms with Crippen LogP contribution < -0.4 is 0 Å². The van der Waals surface area contributed by atoms with Crippen LogP contribution >= 0.6 is 0 Å². The van der Waals surface area contributed by atoms with Crippen molar-refractivity contribution in [2.24, 2.45) is 5.92 Å². The Morgan fingerprint density at radius 3 is 2.05 bits per heavy atom. The van der Waals surface area contributed by atoms with E-state index in [9.17, 15) is 14.7 Å². The standard InChI is InChI=1S/C14H26O5/c1-5-7-9-18-12(15)11(3)14(4,17)13(16)19-10-8-6-2/h11,17H,5-10H2,1-4H3. The van der Waals surface area contributed by atoms with E-state index in [0.717, 1.165) is 25.7 Å². The van der Waals surface area contributed by atoms with Gasteiger partial charge >= 0.3 is 11.9 Å². The van der Waals surface area contributed by atoms with Crippen LogP contribution in [0.15, 0.2) is 0 Å². The Hall–Kier alpha value is -1.10. The van der Waals surface area contributed by atoms with Crippen LogP contribution in [-0.2, 0) is 19.1 Å². The van der Waals surface area contributed by atoms with Gasteiger partial charge in [0.2, 0.25) is 0 Å². The summed E-state index contributed by atoms with van der Waals surface area (Å²) in [5, 5.41) is 10.1. The first-order valence-electron chi connectivity index (χ1n) is 6.94. The highest BCUT2D eigenvalue weighted by Crippen LogP contribution is 2.20. The maximum Gasteiger partial charge on any atom is 0.338 e. The van der Waals surface area contributed by atoms with E-state index in [4.69, 9.17) is 9.47 Å². The minimum Gasteiger partial charge on any atom is -0.465 e. The van der Waals surface area contributed by atoms with E-state index in [-0.39, 0.29) is 6.61 Å². The average Bonchev–Trinajstić information content (AvgIpc) is 2.38. The van der Waals surface area contributed by atoms with Crippen LogP contribution in [0.5, 0.6) is 0 Å². The van der Waals surface area contributed by atoms with E-state index in [1.165, 1.54) is 13.8 Å².